The number of likely N-dealkylation sites (N-methyl/N-ethyl adjacent to an activating group) is 2. The Morgan fingerprint density at radius 3 is 1.06 bits per heavy atom. The molecule has 0 radical (unpaired) electrons. The van der Waals surface area contributed by atoms with Crippen LogP contribution in [0.3, 0.4) is 0 Å². The average molecular weight is 554 g/mol. The van der Waals surface area contributed by atoms with E-state index in [0.717, 1.165) is 26.2 Å². The monoisotopic (exact) mass is 556 g/mol. The first-order chi connectivity index (χ1) is 15.4. The molecule has 0 aromatic heterocycles. The van der Waals surface area contributed by atoms with Gasteiger partial charge < -0.3 is 39.4 Å². The summed E-state index contributed by atoms with van der Waals surface area (Å²) >= 11 is -2.03. The molecule has 2 amide bonds. The molecule has 2 fully saturated rings. The van der Waals surface area contributed by atoms with Gasteiger partial charge in [0.2, 0.25) is 11.8 Å². The van der Waals surface area contributed by atoms with Gasteiger partial charge in [0.1, 0.15) is 11.9 Å². The van der Waals surface area contributed by atoms with E-state index in [1.54, 1.807) is 0 Å². The Bertz CT molecular complexity index is 710. The van der Waals surface area contributed by atoms with E-state index in [9.17, 15) is 39.0 Å². The molecule has 0 bridgehead atoms. The number of ketones is 2. The summed E-state index contributed by atoms with van der Waals surface area (Å²) in [5.74, 6) is -6.76. The molecule has 0 unspecified atom stereocenters. The Morgan fingerprint density at radius 1 is 0.606 bits per heavy atom. The van der Waals surface area contributed by atoms with Gasteiger partial charge in [-0.15, -0.1) is 0 Å². The van der Waals surface area contributed by atoms with Gasteiger partial charge in [-0.3, -0.25) is 19.2 Å². The van der Waals surface area contributed by atoms with Crippen LogP contribution in [-0.4, -0.2) is 121 Å². The van der Waals surface area contributed by atoms with Crippen LogP contribution in [0.2, 0.25) is 0 Å². The van der Waals surface area contributed by atoms with Crippen LogP contribution in [0, 0.1) is 0 Å². The van der Waals surface area contributed by atoms with E-state index in [2.05, 4.69) is 9.80 Å². The van der Waals surface area contributed by atoms with Gasteiger partial charge in [-0.1, -0.05) is 0 Å². The minimum absolute atomic E-state index is 0.433. The van der Waals surface area contributed by atoms with Crippen molar-refractivity contribution in [3.63, 3.8) is 0 Å². The van der Waals surface area contributed by atoms with Crippen LogP contribution >= 0.6 is 0 Å². The molecule has 0 saturated carbocycles. The molecular weight excluding hydrogens is 528 g/mol. The van der Waals surface area contributed by atoms with Crippen molar-refractivity contribution in [1.82, 2.24) is 19.6 Å². The number of aliphatic carboxylic acids is 2. The van der Waals surface area contributed by atoms with E-state index >= 15 is 0 Å². The van der Waals surface area contributed by atoms with Crippen molar-refractivity contribution >= 4 is 35.3 Å². The third kappa shape index (κ3) is 12.9. The number of Topliss-reactive ketones (excluding diaryl/α,β-unsaturated/α-hetero) is 2. The van der Waals surface area contributed by atoms with Gasteiger partial charge in [0.15, 0.2) is 11.6 Å². The van der Waals surface area contributed by atoms with E-state index in [0.29, 0.717) is 26.2 Å². The van der Waals surface area contributed by atoms with Gasteiger partial charge in [0, 0.05) is 52.4 Å². The molecule has 0 spiro atoms. The maximum atomic E-state index is 11.4. The van der Waals surface area contributed by atoms with Gasteiger partial charge in [-0.2, -0.15) is 0 Å². The van der Waals surface area contributed by atoms with Crippen LogP contribution in [0.25, 0.3) is 0 Å². The molecule has 2 rings (SSSR count). The molecule has 14 nitrogen and oxygen atoms in total. The van der Waals surface area contributed by atoms with E-state index in [-0.39, 0.29) is 0 Å². The number of carboxylic acid groups (broad SMARTS) is 2. The summed E-state index contributed by atoms with van der Waals surface area (Å²) in [6, 6.07) is 0. The van der Waals surface area contributed by atoms with Crippen molar-refractivity contribution < 1.29 is 64.3 Å². The van der Waals surface area contributed by atoms with Gasteiger partial charge in [0.25, 0.3) is 0 Å². The molecule has 2 saturated heterocycles. The zero-order chi connectivity index (χ0) is 25.6. The summed E-state index contributed by atoms with van der Waals surface area (Å²) in [5.41, 5.74) is 0. The predicted molar refractivity (Wildman–Crippen MR) is 98.8 cm³/mol. The van der Waals surface area contributed by atoms with E-state index in [1.165, 1.54) is 9.80 Å². The molecule has 0 aliphatic carbocycles. The predicted octanol–water partition coefficient (Wildman–Crippen LogP) is -5.30. The second-order valence-corrected chi connectivity index (χ2v) is 7.55. The van der Waals surface area contributed by atoms with Gasteiger partial charge in [-0.25, -0.2) is 0 Å². The SMILES string of the molecule is CN1CCN(C(=O)CC(=O)C(=O)[O-])CC1.CN1CCN(C(=O)CC(=O)C(=O)[O-])CC1.[O]=[Mo+2]=[O]. The number of carbonyl (C=O) groups is 6. The second-order valence-electron chi connectivity index (χ2n) is 7.21. The quantitative estimate of drug-likeness (QED) is 0.172. The van der Waals surface area contributed by atoms with Crippen LogP contribution in [0.1, 0.15) is 12.8 Å². The van der Waals surface area contributed by atoms with Crippen LogP contribution in [-0.2, 0) is 54.1 Å². The number of nitrogens with zero attached hydrogens (tertiary/aromatic N) is 4. The number of hydrogen-bond acceptors (Lipinski definition) is 12. The molecule has 0 aromatic rings. The zero-order valence-corrected chi connectivity index (χ0v) is 20.4. The Hall–Kier alpha value is -2.57. The molecule has 33 heavy (non-hydrogen) atoms. The third-order valence-corrected chi connectivity index (χ3v) is 4.79. The second kappa shape index (κ2) is 16.1. The van der Waals surface area contributed by atoms with Gasteiger partial charge in [-0.05, 0) is 14.1 Å². The number of carbonyl (C=O) groups excluding carboxylic acids is 6. The summed E-state index contributed by atoms with van der Waals surface area (Å²) in [6.07, 6.45) is -1.18. The molecule has 2 heterocycles. The number of amides is 2. The standard InChI is InChI=1S/2C9H14N2O4.Mo.2O/c2*1-10-2-4-11(5-3-10)8(13)6-7(12)9(14)15;;;/h2*2-6H2,1H3,(H,14,15);;;/q;;+2;;/p-2. The van der Waals surface area contributed by atoms with E-state index in [4.69, 9.17) is 6.80 Å². The summed E-state index contributed by atoms with van der Waals surface area (Å²) in [5, 5.41) is 20.3. The maximum absolute atomic E-state index is 11.4. The Kier molecular flexibility index (Phi) is 14.9. The molecule has 2 aliphatic heterocycles. The fraction of sp³-hybridized carbons (Fsp3) is 0.667. The Balaban J connectivity index is 0.000000555. The first kappa shape index (κ1) is 30.4. The van der Waals surface area contributed by atoms with Crippen LogP contribution in [0.5, 0.6) is 0 Å². The van der Waals surface area contributed by atoms with Gasteiger partial charge in [0.05, 0.1) is 12.8 Å². The molecule has 0 N–H and O–H groups in total. The molecular formula is C18H26MoN4O10. The summed E-state index contributed by atoms with van der Waals surface area (Å²) in [4.78, 5) is 71.7. The van der Waals surface area contributed by atoms with E-state index in [1.807, 2.05) is 14.1 Å². The van der Waals surface area contributed by atoms with Crippen molar-refractivity contribution in [3.05, 3.63) is 0 Å². The zero-order valence-electron chi connectivity index (χ0n) is 18.4. The first-order valence-corrected chi connectivity index (χ1v) is 11.4. The summed E-state index contributed by atoms with van der Waals surface area (Å²) < 4.78 is 17.0. The van der Waals surface area contributed by atoms with Crippen molar-refractivity contribution in [1.29, 1.82) is 0 Å². The normalized spacial score (nSPS) is 16.2. The molecule has 15 heteroatoms. The molecule has 2 aliphatic rings. The van der Waals surface area contributed by atoms with Crippen molar-refractivity contribution in [2.75, 3.05) is 66.5 Å². The average Bonchev–Trinajstić information content (AvgIpc) is 2.75. The van der Waals surface area contributed by atoms with Crippen molar-refractivity contribution in [3.8, 4) is 0 Å². The Labute approximate surface area is 198 Å². The van der Waals surface area contributed by atoms with Crippen LogP contribution in [0.4, 0.5) is 0 Å². The van der Waals surface area contributed by atoms with E-state index < -0.39 is 66.7 Å². The molecule has 0 atom stereocenters. The fourth-order valence-corrected chi connectivity index (χ4v) is 2.75. The number of carboxylic acids is 2. The summed E-state index contributed by atoms with van der Waals surface area (Å²) in [6.45, 7) is 5.11. The number of piperazine rings is 2. The van der Waals surface area contributed by atoms with Gasteiger partial charge >= 0.3 is 25.3 Å². The molecule has 0 aromatic carbocycles. The number of hydrogen-bond donors (Lipinski definition) is 0. The number of rotatable bonds is 6. The van der Waals surface area contributed by atoms with Crippen LogP contribution in [0.15, 0.2) is 0 Å². The first-order valence-electron chi connectivity index (χ1n) is 9.75. The van der Waals surface area contributed by atoms with Crippen molar-refractivity contribution in [2.45, 2.75) is 12.8 Å². The summed E-state index contributed by atoms with van der Waals surface area (Å²) in [7, 11) is 3.88. The fourth-order valence-electron chi connectivity index (χ4n) is 2.75. The third-order valence-electron chi connectivity index (χ3n) is 4.79. The topological polar surface area (TPSA) is 196 Å². The van der Waals surface area contributed by atoms with Crippen LogP contribution < -0.4 is 10.2 Å². The molecule has 184 valence electrons. The minimum atomic E-state index is -2.03. The van der Waals surface area contributed by atoms with Crippen molar-refractivity contribution in [2.24, 2.45) is 0 Å². The Morgan fingerprint density at radius 2 is 0.848 bits per heavy atom.